The molecule has 0 aromatic heterocycles. The highest BCUT2D eigenvalue weighted by atomic mass is 14.9. The molecule has 2 aliphatic rings. The minimum absolute atomic E-state index is 0.846. The van der Waals surface area contributed by atoms with Gasteiger partial charge in [0.2, 0.25) is 0 Å². The van der Waals surface area contributed by atoms with Gasteiger partial charge in [0.15, 0.2) is 0 Å². The summed E-state index contributed by atoms with van der Waals surface area (Å²) in [6.07, 6.45) is 11.6. The molecule has 4 atom stereocenters. The van der Waals surface area contributed by atoms with Crippen molar-refractivity contribution in [2.75, 3.05) is 6.54 Å². The zero-order valence-electron chi connectivity index (χ0n) is 11.2. The predicted molar refractivity (Wildman–Crippen MR) is 70.5 cm³/mol. The Hall–Kier alpha value is -0.0400. The molecule has 1 nitrogen and oxygen atoms in total. The van der Waals surface area contributed by atoms with Crippen molar-refractivity contribution in [1.29, 1.82) is 0 Å². The lowest BCUT2D eigenvalue weighted by molar-refractivity contribution is 0.232. The quantitative estimate of drug-likeness (QED) is 0.760. The molecule has 0 aromatic carbocycles. The Balaban J connectivity index is 1.73. The fourth-order valence-corrected chi connectivity index (χ4v) is 3.79. The lowest BCUT2D eigenvalue weighted by atomic mass is 9.80. The fraction of sp³-hybridized carbons (Fsp3) is 1.00. The lowest BCUT2D eigenvalue weighted by Gasteiger charge is -2.31. The van der Waals surface area contributed by atoms with Gasteiger partial charge in [0, 0.05) is 6.04 Å². The van der Waals surface area contributed by atoms with Gasteiger partial charge in [-0.25, -0.2) is 0 Å². The van der Waals surface area contributed by atoms with Gasteiger partial charge >= 0.3 is 0 Å². The third kappa shape index (κ3) is 3.00. The van der Waals surface area contributed by atoms with Crippen molar-refractivity contribution in [3.05, 3.63) is 0 Å². The van der Waals surface area contributed by atoms with Crippen LogP contribution in [0.4, 0.5) is 0 Å². The van der Waals surface area contributed by atoms with Crippen LogP contribution in [0.1, 0.15) is 65.2 Å². The summed E-state index contributed by atoms with van der Waals surface area (Å²) in [6, 6.07) is 0.846. The summed E-state index contributed by atoms with van der Waals surface area (Å²) in [5, 5.41) is 3.88. The zero-order chi connectivity index (χ0) is 11.4. The van der Waals surface area contributed by atoms with Crippen molar-refractivity contribution in [2.45, 2.75) is 71.3 Å². The van der Waals surface area contributed by atoms with Crippen molar-refractivity contribution >= 4 is 0 Å². The van der Waals surface area contributed by atoms with Gasteiger partial charge in [0.25, 0.3) is 0 Å². The van der Waals surface area contributed by atoms with E-state index in [1.165, 1.54) is 57.9 Å². The number of rotatable bonds is 4. The minimum Gasteiger partial charge on any atom is -0.313 e. The molecule has 4 unspecified atom stereocenters. The first-order valence-electron chi connectivity index (χ1n) is 7.54. The normalized spacial score (nSPS) is 40.1. The van der Waals surface area contributed by atoms with Crippen LogP contribution >= 0.6 is 0 Å². The maximum Gasteiger partial charge on any atom is 0.00953 e. The summed E-state index contributed by atoms with van der Waals surface area (Å²) in [5.74, 6) is 2.90. The largest absolute Gasteiger partial charge is 0.313 e. The molecule has 0 radical (unpaired) electrons. The van der Waals surface area contributed by atoms with Gasteiger partial charge in [0.1, 0.15) is 0 Å². The van der Waals surface area contributed by atoms with Crippen molar-refractivity contribution in [1.82, 2.24) is 5.32 Å². The molecule has 94 valence electrons. The number of hydrogen-bond donors (Lipinski definition) is 1. The highest BCUT2D eigenvalue weighted by molar-refractivity contribution is 4.84. The first-order chi connectivity index (χ1) is 7.81. The maximum absolute atomic E-state index is 3.88. The minimum atomic E-state index is 0.846. The molecular weight excluding hydrogens is 194 g/mol. The molecule has 0 aromatic rings. The second-order valence-corrected chi connectivity index (χ2v) is 6.14. The highest BCUT2D eigenvalue weighted by Gasteiger charge is 2.27. The summed E-state index contributed by atoms with van der Waals surface area (Å²) in [5.41, 5.74) is 0. The lowest BCUT2D eigenvalue weighted by Crippen LogP contribution is -2.38. The van der Waals surface area contributed by atoms with Crippen LogP contribution in [-0.2, 0) is 0 Å². The van der Waals surface area contributed by atoms with Crippen LogP contribution in [0.2, 0.25) is 0 Å². The summed E-state index contributed by atoms with van der Waals surface area (Å²) in [6.45, 7) is 6.10. The van der Waals surface area contributed by atoms with E-state index in [9.17, 15) is 0 Å². The Kier molecular flexibility index (Phi) is 4.69. The molecule has 1 N–H and O–H groups in total. The second-order valence-electron chi connectivity index (χ2n) is 6.14. The van der Waals surface area contributed by atoms with Crippen LogP contribution in [-0.4, -0.2) is 12.6 Å². The molecule has 0 spiro atoms. The van der Waals surface area contributed by atoms with Crippen LogP contribution in [0.25, 0.3) is 0 Å². The average molecular weight is 223 g/mol. The van der Waals surface area contributed by atoms with Gasteiger partial charge in [-0.1, -0.05) is 46.0 Å². The van der Waals surface area contributed by atoms with E-state index in [1.54, 1.807) is 0 Å². The molecule has 0 bridgehead atoms. The molecular formula is C15H29N. The van der Waals surface area contributed by atoms with Crippen LogP contribution in [0.5, 0.6) is 0 Å². The third-order valence-corrected chi connectivity index (χ3v) is 5.11. The molecule has 0 heterocycles. The van der Waals surface area contributed by atoms with Crippen LogP contribution in [0.3, 0.4) is 0 Å². The summed E-state index contributed by atoms with van der Waals surface area (Å²) in [4.78, 5) is 0. The topological polar surface area (TPSA) is 12.0 Å². The van der Waals surface area contributed by atoms with Gasteiger partial charge in [0.05, 0.1) is 0 Å². The zero-order valence-corrected chi connectivity index (χ0v) is 11.2. The van der Waals surface area contributed by atoms with E-state index in [2.05, 4.69) is 19.2 Å². The van der Waals surface area contributed by atoms with Gasteiger partial charge in [-0.05, 0) is 43.6 Å². The Bertz CT molecular complexity index is 200. The first kappa shape index (κ1) is 12.4. The van der Waals surface area contributed by atoms with Crippen molar-refractivity contribution in [3.63, 3.8) is 0 Å². The van der Waals surface area contributed by atoms with Gasteiger partial charge in [-0.15, -0.1) is 0 Å². The van der Waals surface area contributed by atoms with E-state index in [1.807, 2.05) is 0 Å². The Morgan fingerprint density at radius 3 is 2.44 bits per heavy atom. The maximum atomic E-state index is 3.88. The standard InChI is InChI=1S/C15H29N/c1-3-13-9-6-10-15(13)16-11-14-8-5-4-7-12(14)2/h12-16H,3-11H2,1-2H3. The summed E-state index contributed by atoms with van der Waals surface area (Å²) >= 11 is 0. The van der Waals surface area contributed by atoms with Crippen molar-refractivity contribution < 1.29 is 0 Å². The third-order valence-electron chi connectivity index (χ3n) is 5.11. The van der Waals surface area contributed by atoms with E-state index in [-0.39, 0.29) is 0 Å². The summed E-state index contributed by atoms with van der Waals surface area (Å²) in [7, 11) is 0. The Morgan fingerprint density at radius 2 is 1.69 bits per heavy atom. The molecule has 2 saturated carbocycles. The van der Waals surface area contributed by atoms with E-state index in [0.717, 1.165) is 23.8 Å². The molecule has 2 aliphatic carbocycles. The van der Waals surface area contributed by atoms with Crippen LogP contribution < -0.4 is 5.32 Å². The fourth-order valence-electron chi connectivity index (χ4n) is 3.79. The van der Waals surface area contributed by atoms with Gasteiger partial charge < -0.3 is 5.32 Å². The van der Waals surface area contributed by atoms with Crippen molar-refractivity contribution in [2.24, 2.45) is 17.8 Å². The molecule has 16 heavy (non-hydrogen) atoms. The van der Waals surface area contributed by atoms with Gasteiger partial charge in [-0.3, -0.25) is 0 Å². The van der Waals surface area contributed by atoms with E-state index >= 15 is 0 Å². The monoisotopic (exact) mass is 223 g/mol. The van der Waals surface area contributed by atoms with E-state index in [4.69, 9.17) is 0 Å². The molecule has 2 rings (SSSR count). The Labute approximate surface area is 101 Å². The smallest absolute Gasteiger partial charge is 0.00953 e. The number of hydrogen-bond acceptors (Lipinski definition) is 1. The van der Waals surface area contributed by atoms with Crippen molar-refractivity contribution in [3.8, 4) is 0 Å². The molecule has 0 saturated heterocycles. The molecule has 0 amide bonds. The molecule has 1 heteroatoms. The first-order valence-corrected chi connectivity index (χ1v) is 7.54. The summed E-state index contributed by atoms with van der Waals surface area (Å²) < 4.78 is 0. The second kappa shape index (κ2) is 6.05. The SMILES string of the molecule is CCC1CCCC1NCC1CCCCC1C. The Morgan fingerprint density at radius 1 is 0.938 bits per heavy atom. The van der Waals surface area contributed by atoms with E-state index in [0.29, 0.717) is 0 Å². The highest BCUT2D eigenvalue weighted by Crippen LogP contribution is 2.31. The average Bonchev–Trinajstić information content (AvgIpc) is 2.75. The number of nitrogens with one attached hydrogen (secondary N) is 1. The van der Waals surface area contributed by atoms with Crippen LogP contribution in [0, 0.1) is 17.8 Å². The van der Waals surface area contributed by atoms with Crippen LogP contribution in [0.15, 0.2) is 0 Å². The van der Waals surface area contributed by atoms with E-state index < -0.39 is 0 Å². The predicted octanol–water partition coefficient (Wildman–Crippen LogP) is 3.98. The molecule has 2 fully saturated rings. The molecule has 0 aliphatic heterocycles. The van der Waals surface area contributed by atoms with Gasteiger partial charge in [-0.2, -0.15) is 0 Å².